The number of anilines is 2. The third-order valence-electron chi connectivity index (χ3n) is 4.91. The lowest BCUT2D eigenvalue weighted by atomic mass is 10.1. The van der Waals surface area contributed by atoms with E-state index in [-0.39, 0.29) is 24.0 Å². The SMILES string of the molecule is COC(=O)C1=C(C(=O)OC)N(c2cccc(C(=O)Nc3ccc4c(c3)OCO4)c2)C=CC=C1. The number of methoxy groups -OCH3 is 2. The number of carbonyl (C=O) groups excluding carboxylic acids is 3. The first-order valence-corrected chi connectivity index (χ1v) is 9.88. The summed E-state index contributed by atoms with van der Waals surface area (Å²) in [6, 6.07) is 11.7. The zero-order valence-corrected chi connectivity index (χ0v) is 17.9. The van der Waals surface area contributed by atoms with Crippen LogP contribution in [0.15, 0.2) is 78.2 Å². The maximum Gasteiger partial charge on any atom is 0.355 e. The van der Waals surface area contributed by atoms with Crippen molar-refractivity contribution >= 4 is 29.2 Å². The number of esters is 2. The van der Waals surface area contributed by atoms with Crippen molar-refractivity contribution in [3.63, 3.8) is 0 Å². The van der Waals surface area contributed by atoms with E-state index < -0.39 is 11.9 Å². The highest BCUT2D eigenvalue weighted by atomic mass is 16.7. The summed E-state index contributed by atoms with van der Waals surface area (Å²) in [5.74, 6) is -0.643. The summed E-state index contributed by atoms with van der Waals surface area (Å²) in [6.07, 6.45) is 6.31. The van der Waals surface area contributed by atoms with Crippen molar-refractivity contribution in [1.29, 1.82) is 0 Å². The molecule has 0 unspecified atom stereocenters. The van der Waals surface area contributed by atoms with Gasteiger partial charge in [0.1, 0.15) is 5.70 Å². The van der Waals surface area contributed by atoms with Gasteiger partial charge in [-0.3, -0.25) is 4.79 Å². The second-order valence-corrected chi connectivity index (χ2v) is 6.89. The van der Waals surface area contributed by atoms with E-state index in [1.54, 1.807) is 60.8 Å². The van der Waals surface area contributed by atoms with Gasteiger partial charge >= 0.3 is 11.9 Å². The van der Waals surface area contributed by atoms with Crippen LogP contribution in [0.1, 0.15) is 10.4 Å². The van der Waals surface area contributed by atoms with Crippen molar-refractivity contribution in [1.82, 2.24) is 0 Å². The molecule has 1 N–H and O–H groups in total. The number of hydrogen-bond acceptors (Lipinski definition) is 8. The highest BCUT2D eigenvalue weighted by molar-refractivity contribution is 6.07. The number of nitrogens with one attached hydrogen (secondary N) is 1. The maximum atomic E-state index is 12.9. The molecule has 0 spiro atoms. The third kappa shape index (κ3) is 4.42. The molecule has 9 nitrogen and oxygen atoms in total. The van der Waals surface area contributed by atoms with Crippen LogP contribution in [-0.4, -0.2) is 38.9 Å². The average Bonchev–Trinajstić information content (AvgIpc) is 3.19. The molecule has 2 aromatic carbocycles. The van der Waals surface area contributed by atoms with Crippen LogP contribution in [0.5, 0.6) is 11.5 Å². The largest absolute Gasteiger partial charge is 0.465 e. The molecule has 1 amide bonds. The molecule has 0 atom stereocenters. The molecule has 33 heavy (non-hydrogen) atoms. The van der Waals surface area contributed by atoms with Crippen molar-refractivity contribution in [2.24, 2.45) is 0 Å². The Labute approximate surface area is 189 Å². The lowest BCUT2D eigenvalue weighted by Crippen LogP contribution is -2.27. The predicted octanol–water partition coefficient (Wildman–Crippen LogP) is 3.16. The van der Waals surface area contributed by atoms with E-state index in [4.69, 9.17) is 18.9 Å². The number of nitrogens with zero attached hydrogens (tertiary/aromatic N) is 1. The molecule has 0 bridgehead atoms. The number of fused-ring (bicyclic) bond motifs is 1. The molecule has 0 fully saturated rings. The highest BCUT2D eigenvalue weighted by Gasteiger charge is 2.27. The van der Waals surface area contributed by atoms with Gasteiger partial charge in [0.25, 0.3) is 5.91 Å². The van der Waals surface area contributed by atoms with Gasteiger partial charge in [-0.05, 0) is 42.5 Å². The van der Waals surface area contributed by atoms with Gasteiger partial charge in [-0.1, -0.05) is 12.1 Å². The van der Waals surface area contributed by atoms with E-state index in [9.17, 15) is 14.4 Å². The van der Waals surface area contributed by atoms with E-state index in [0.29, 0.717) is 28.4 Å². The second kappa shape index (κ2) is 9.31. The average molecular weight is 448 g/mol. The highest BCUT2D eigenvalue weighted by Crippen LogP contribution is 2.34. The molecule has 0 aliphatic carbocycles. The fourth-order valence-corrected chi connectivity index (χ4v) is 3.34. The van der Waals surface area contributed by atoms with Crippen molar-refractivity contribution in [3.05, 3.63) is 83.7 Å². The smallest absolute Gasteiger partial charge is 0.355 e. The van der Waals surface area contributed by atoms with Gasteiger partial charge < -0.3 is 29.2 Å². The van der Waals surface area contributed by atoms with Gasteiger partial charge in [0.2, 0.25) is 6.79 Å². The fourth-order valence-electron chi connectivity index (χ4n) is 3.34. The lowest BCUT2D eigenvalue weighted by Gasteiger charge is -2.23. The minimum absolute atomic E-state index is 0.0181. The molecule has 0 aromatic heterocycles. The normalized spacial score (nSPS) is 14.1. The van der Waals surface area contributed by atoms with Crippen molar-refractivity contribution in [3.8, 4) is 11.5 Å². The number of allylic oxidation sites excluding steroid dienone is 2. The number of hydrogen-bond donors (Lipinski definition) is 1. The predicted molar refractivity (Wildman–Crippen MR) is 119 cm³/mol. The molecule has 0 saturated carbocycles. The van der Waals surface area contributed by atoms with Gasteiger partial charge in [0.15, 0.2) is 11.5 Å². The van der Waals surface area contributed by atoms with Crippen LogP contribution < -0.4 is 19.7 Å². The number of benzene rings is 2. The number of rotatable bonds is 5. The Kier molecular flexibility index (Phi) is 6.12. The first-order chi connectivity index (χ1) is 16.0. The van der Waals surface area contributed by atoms with Crippen LogP contribution in [0.25, 0.3) is 0 Å². The fraction of sp³-hybridized carbons (Fsp3) is 0.125. The molecule has 4 rings (SSSR count). The summed E-state index contributed by atoms with van der Waals surface area (Å²) < 4.78 is 20.3. The second-order valence-electron chi connectivity index (χ2n) is 6.89. The molecular formula is C24H20N2O7. The molecule has 2 aromatic rings. The summed E-state index contributed by atoms with van der Waals surface area (Å²) in [5.41, 5.74) is 1.32. The van der Waals surface area contributed by atoms with Crippen LogP contribution in [0.3, 0.4) is 0 Å². The Morgan fingerprint density at radius 1 is 0.939 bits per heavy atom. The monoisotopic (exact) mass is 448 g/mol. The lowest BCUT2D eigenvalue weighted by molar-refractivity contribution is -0.139. The van der Waals surface area contributed by atoms with Crippen LogP contribution in [0.2, 0.25) is 0 Å². The number of ether oxygens (including phenoxy) is 4. The molecule has 0 saturated heterocycles. The summed E-state index contributed by atoms with van der Waals surface area (Å²) in [5, 5.41) is 2.81. The van der Waals surface area contributed by atoms with Crippen LogP contribution in [0.4, 0.5) is 11.4 Å². The minimum atomic E-state index is -0.734. The molecule has 168 valence electrons. The maximum absolute atomic E-state index is 12.9. The number of carbonyl (C=O) groups is 3. The van der Waals surface area contributed by atoms with Crippen LogP contribution in [0, 0.1) is 0 Å². The first-order valence-electron chi connectivity index (χ1n) is 9.88. The molecule has 2 aliphatic heterocycles. The van der Waals surface area contributed by atoms with Crippen molar-refractivity contribution in [2.45, 2.75) is 0 Å². The molecule has 9 heteroatoms. The zero-order chi connectivity index (χ0) is 23.4. The molecule has 2 aliphatic rings. The van der Waals surface area contributed by atoms with E-state index in [1.807, 2.05) is 0 Å². The van der Waals surface area contributed by atoms with Crippen LogP contribution >= 0.6 is 0 Å². The third-order valence-corrected chi connectivity index (χ3v) is 4.91. The van der Waals surface area contributed by atoms with Crippen molar-refractivity contribution < 1.29 is 33.3 Å². The Bertz CT molecular complexity index is 1210. The summed E-state index contributed by atoms with van der Waals surface area (Å²) >= 11 is 0. The van der Waals surface area contributed by atoms with E-state index in [1.165, 1.54) is 25.2 Å². The van der Waals surface area contributed by atoms with E-state index >= 15 is 0 Å². The molecule has 2 heterocycles. The number of amides is 1. The van der Waals surface area contributed by atoms with E-state index in [2.05, 4.69) is 5.32 Å². The summed E-state index contributed by atoms with van der Waals surface area (Å²) in [7, 11) is 2.44. The Balaban J connectivity index is 1.66. The quantitative estimate of drug-likeness (QED) is 0.696. The Hall–Kier alpha value is -4.53. The van der Waals surface area contributed by atoms with Crippen LogP contribution in [-0.2, 0) is 19.1 Å². The molecule has 0 radical (unpaired) electrons. The summed E-state index contributed by atoms with van der Waals surface area (Å²) in [6.45, 7) is 0.136. The van der Waals surface area contributed by atoms with Gasteiger partial charge in [-0.2, -0.15) is 0 Å². The standard InChI is InChI=1S/C24H20N2O7/c1-30-23(28)18-8-3-4-11-26(21(18)24(29)31-2)17-7-5-6-15(12-17)22(27)25-16-9-10-19-20(13-16)33-14-32-19/h3-13H,14H2,1-2H3,(H,25,27). The Morgan fingerprint density at radius 3 is 2.52 bits per heavy atom. The van der Waals surface area contributed by atoms with Gasteiger partial charge in [-0.25, -0.2) is 9.59 Å². The molecular weight excluding hydrogens is 428 g/mol. The van der Waals surface area contributed by atoms with Gasteiger partial charge in [-0.15, -0.1) is 0 Å². The first kappa shape index (κ1) is 21.7. The van der Waals surface area contributed by atoms with Gasteiger partial charge in [0.05, 0.1) is 19.8 Å². The summed E-state index contributed by atoms with van der Waals surface area (Å²) in [4.78, 5) is 39.3. The van der Waals surface area contributed by atoms with Crippen molar-refractivity contribution in [2.75, 3.05) is 31.2 Å². The minimum Gasteiger partial charge on any atom is -0.465 e. The van der Waals surface area contributed by atoms with E-state index in [0.717, 1.165) is 0 Å². The topological polar surface area (TPSA) is 103 Å². The zero-order valence-electron chi connectivity index (χ0n) is 17.9. The van der Waals surface area contributed by atoms with Gasteiger partial charge in [0, 0.05) is 29.2 Å². The Morgan fingerprint density at radius 2 is 1.73 bits per heavy atom.